The van der Waals surface area contributed by atoms with E-state index in [9.17, 15) is 4.79 Å². The molecule has 1 saturated heterocycles. The summed E-state index contributed by atoms with van der Waals surface area (Å²) < 4.78 is 10.4. The summed E-state index contributed by atoms with van der Waals surface area (Å²) in [5.74, 6) is 0.0244. The van der Waals surface area contributed by atoms with Crippen LogP contribution in [0.5, 0.6) is 5.88 Å². The first-order valence-corrected chi connectivity index (χ1v) is 6.68. The first-order chi connectivity index (χ1) is 8.29. The minimum absolute atomic E-state index is 0. The second kappa shape index (κ2) is 7.80. The van der Waals surface area contributed by atoms with Crippen LogP contribution in [0, 0.1) is 5.92 Å². The molecule has 0 amide bonds. The molecule has 0 N–H and O–H groups in total. The number of carbonyl (C=O) groups excluding carboxylic acids is 1. The molecule has 0 saturated carbocycles. The number of hydrogen-bond donors (Lipinski definition) is 0. The molecule has 1 aliphatic rings. The fourth-order valence-electron chi connectivity index (χ4n) is 1.60. The molecule has 18 heavy (non-hydrogen) atoms. The third-order valence-corrected chi connectivity index (χ3v) is 3.11. The zero-order valence-corrected chi connectivity index (χ0v) is 11.4. The van der Waals surface area contributed by atoms with E-state index in [1.54, 1.807) is 12.3 Å². The second-order valence-electron chi connectivity index (χ2n) is 3.69. The van der Waals surface area contributed by atoms with Crippen LogP contribution in [-0.2, 0) is 9.53 Å². The molecule has 1 radical (unpaired) electrons. The van der Waals surface area contributed by atoms with Crippen LogP contribution in [0.1, 0.15) is 12.8 Å². The van der Waals surface area contributed by atoms with Gasteiger partial charge < -0.3 is 9.47 Å². The average molecular weight is 261 g/mol. The summed E-state index contributed by atoms with van der Waals surface area (Å²) in [5.41, 5.74) is 0. The summed E-state index contributed by atoms with van der Waals surface area (Å²) in [7, 11) is 0. The Labute approximate surface area is 122 Å². The van der Waals surface area contributed by atoms with Crippen molar-refractivity contribution in [1.82, 2.24) is 9.97 Å². The van der Waals surface area contributed by atoms with Gasteiger partial charge in [0.05, 0.1) is 5.92 Å². The fraction of sp³-hybridized carbons (Fsp3) is 0.545. The Morgan fingerprint density at radius 2 is 2.22 bits per heavy atom. The maximum atomic E-state index is 11.8. The Kier molecular flexibility index (Phi) is 6.72. The van der Waals surface area contributed by atoms with Crippen LogP contribution in [0.15, 0.2) is 17.4 Å². The largest absolute Gasteiger partial charge is 0.407 e. The minimum Gasteiger partial charge on any atom is -0.407 e. The van der Waals surface area contributed by atoms with Gasteiger partial charge in [-0.25, -0.2) is 4.98 Å². The van der Waals surface area contributed by atoms with Crippen LogP contribution in [0.2, 0.25) is 0 Å². The van der Waals surface area contributed by atoms with Gasteiger partial charge in [-0.05, 0) is 19.1 Å². The summed E-state index contributed by atoms with van der Waals surface area (Å²) in [5, 5.41) is 0.599. The van der Waals surface area contributed by atoms with Gasteiger partial charge >= 0.3 is 5.97 Å². The normalized spacial score (nSPS) is 15.8. The van der Waals surface area contributed by atoms with Crippen LogP contribution >= 0.6 is 11.8 Å². The minimum atomic E-state index is -0.223. The number of hydrogen-bond acceptors (Lipinski definition) is 6. The van der Waals surface area contributed by atoms with E-state index in [0.717, 1.165) is 12.8 Å². The maximum Gasteiger partial charge on any atom is 0.315 e. The Balaban J connectivity index is 0.00000162. The van der Waals surface area contributed by atoms with Crippen molar-refractivity contribution in [2.24, 2.45) is 5.92 Å². The van der Waals surface area contributed by atoms with E-state index in [1.165, 1.54) is 11.8 Å². The second-order valence-corrected chi connectivity index (χ2v) is 4.46. The van der Waals surface area contributed by atoms with Crippen molar-refractivity contribution in [2.75, 3.05) is 19.5 Å². The number of rotatable bonds is 3. The number of aromatic nitrogens is 2. The summed E-state index contributed by atoms with van der Waals surface area (Å²) >= 11 is 1.41. The van der Waals surface area contributed by atoms with Crippen LogP contribution in [0.4, 0.5) is 0 Å². The first kappa shape index (κ1) is 15.5. The van der Waals surface area contributed by atoms with Gasteiger partial charge in [0.25, 0.3) is 0 Å². The first-order valence-electron chi connectivity index (χ1n) is 5.46. The number of esters is 1. The fourth-order valence-corrected chi connectivity index (χ4v) is 1.95. The van der Waals surface area contributed by atoms with Crippen molar-refractivity contribution in [3.63, 3.8) is 0 Å². The van der Waals surface area contributed by atoms with Gasteiger partial charge in [0.2, 0.25) is 5.88 Å². The van der Waals surface area contributed by atoms with Crippen molar-refractivity contribution < 1.29 is 14.3 Å². The van der Waals surface area contributed by atoms with E-state index in [4.69, 9.17) is 9.47 Å². The van der Waals surface area contributed by atoms with E-state index in [1.807, 2.05) is 6.26 Å². The van der Waals surface area contributed by atoms with E-state index in [0.29, 0.717) is 24.3 Å². The molecular formula is C11H14LiN2O3S. The summed E-state index contributed by atoms with van der Waals surface area (Å²) in [6, 6.07) is 1.59. The Hall–Kier alpha value is -0.543. The maximum absolute atomic E-state index is 11.8. The van der Waals surface area contributed by atoms with Crippen molar-refractivity contribution in [2.45, 2.75) is 18.0 Å². The van der Waals surface area contributed by atoms with Gasteiger partial charge in [-0.3, -0.25) is 4.79 Å². The molecule has 5 nitrogen and oxygen atoms in total. The zero-order valence-electron chi connectivity index (χ0n) is 10.6. The van der Waals surface area contributed by atoms with Gasteiger partial charge in [-0.15, -0.1) is 0 Å². The summed E-state index contributed by atoms with van der Waals surface area (Å²) in [6.07, 6.45) is 4.91. The molecule has 2 heterocycles. The number of thioether (sulfide) groups is 1. The van der Waals surface area contributed by atoms with Gasteiger partial charge in [-0.2, -0.15) is 4.98 Å². The van der Waals surface area contributed by atoms with Gasteiger partial charge in [-0.1, -0.05) is 11.8 Å². The molecule has 0 atom stereocenters. The summed E-state index contributed by atoms with van der Waals surface area (Å²) in [4.78, 5) is 19.9. The van der Waals surface area contributed by atoms with E-state index >= 15 is 0 Å². The van der Waals surface area contributed by atoms with Crippen molar-refractivity contribution in [3.05, 3.63) is 12.3 Å². The molecule has 0 spiro atoms. The van der Waals surface area contributed by atoms with Crippen LogP contribution in [-0.4, -0.2) is 54.3 Å². The Morgan fingerprint density at radius 3 is 2.89 bits per heavy atom. The Morgan fingerprint density at radius 1 is 1.50 bits per heavy atom. The third-order valence-electron chi connectivity index (χ3n) is 2.55. The molecule has 1 aromatic heterocycles. The van der Waals surface area contributed by atoms with Crippen LogP contribution in [0.3, 0.4) is 0 Å². The predicted octanol–water partition coefficient (Wildman–Crippen LogP) is 1.15. The molecule has 1 aliphatic heterocycles. The summed E-state index contributed by atoms with van der Waals surface area (Å²) in [6.45, 7) is 1.25. The zero-order chi connectivity index (χ0) is 12.1. The molecule has 2 rings (SSSR count). The van der Waals surface area contributed by atoms with Crippen molar-refractivity contribution in [1.29, 1.82) is 0 Å². The monoisotopic (exact) mass is 261 g/mol. The van der Waals surface area contributed by atoms with Crippen molar-refractivity contribution in [3.8, 4) is 5.88 Å². The number of nitrogens with zero attached hydrogens (tertiary/aromatic N) is 2. The molecule has 0 bridgehead atoms. The molecule has 93 valence electrons. The van der Waals surface area contributed by atoms with Crippen LogP contribution < -0.4 is 4.74 Å². The molecular weight excluding hydrogens is 247 g/mol. The molecule has 0 unspecified atom stereocenters. The molecule has 0 aromatic carbocycles. The van der Waals surface area contributed by atoms with Crippen molar-refractivity contribution >= 4 is 36.6 Å². The molecule has 0 aliphatic carbocycles. The van der Waals surface area contributed by atoms with Gasteiger partial charge in [0.1, 0.15) is 0 Å². The van der Waals surface area contributed by atoms with Gasteiger partial charge in [0.15, 0.2) is 5.16 Å². The third kappa shape index (κ3) is 4.29. The topological polar surface area (TPSA) is 61.3 Å². The molecule has 7 heteroatoms. The standard InChI is InChI=1S/C11H14N2O3S.Li/c1-17-11-12-5-2-9(13-11)16-10(14)8-3-6-15-7-4-8;/h2,5,8H,3-4,6-7H2,1H3;. The smallest absolute Gasteiger partial charge is 0.315 e. The van der Waals surface area contributed by atoms with Crippen LogP contribution in [0.25, 0.3) is 0 Å². The Bertz CT molecular complexity index is 400. The predicted molar refractivity (Wildman–Crippen MR) is 68.7 cm³/mol. The quantitative estimate of drug-likeness (QED) is 0.352. The van der Waals surface area contributed by atoms with E-state index in [-0.39, 0.29) is 30.7 Å². The molecule has 1 fully saturated rings. The van der Waals surface area contributed by atoms with E-state index < -0.39 is 0 Å². The SMILES string of the molecule is CSc1nccc(OC(=O)C2CCOCC2)n1.[Li]. The average Bonchev–Trinajstić information content (AvgIpc) is 2.40. The van der Waals surface area contributed by atoms with E-state index in [2.05, 4.69) is 9.97 Å². The number of ether oxygens (including phenoxy) is 2. The molecule has 1 aromatic rings. The number of carbonyl (C=O) groups is 1. The van der Waals surface area contributed by atoms with Gasteiger partial charge in [0, 0.05) is 44.3 Å².